The van der Waals surface area contributed by atoms with Crippen LogP contribution < -0.4 is 4.74 Å². The van der Waals surface area contributed by atoms with Crippen molar-refractivity contribution in [1.82, 2.24) is 9.80 Å². The lowest BCUT2D eigenvalue weighted by molar-refractivity contribution is -0.139. The van der Waals surface area contributed by atoms with Crippen LogP contribution in [0.3, 0.4) is 0 Å². The molecule has 1 aliphatic rings. The molecule has 6 heteroatoms. The maximum Gasteiger partial charge on any atom is 0.225 e. The summed E-state index contributed by atoms with van der Waals surface area (Å²) in [5.74, 6) is -0.141. The molecule has 0 saturated carbocycles. The number of para-hydroxylation sites is 1. The lowest BCUT2D eigenvalue weighted by Gasteiger charge is -2.32. The van der Waals surface area contributed by atoms with Crippen molar-refractivity contribution in [3.63, 3.8) is 0 Å². The molecule has 126 valence electrons. The van der Waals surface area contributed by atoms with E-state index in [1.807, 2.05) is 0 Å². The number of amides is 2. The molecule has 0 bridgehead atoms. The molecule has 0 N–H and O–H groups in total. The van der Waals surface area contributed by atoms with Crippen LogP contribution in [0.25, 0.3) is 0 Å². The second kappa shape index (κ2) is 7.94. The summed E-state index contributed by atoms with van der Waals surface area (Å²) in [5, 5.41) is 0. The van der Waals surface area contributed by atoms with Gasteiger partial charge < -0.3 is 14.5 Å². The average molecular weight is 322 g/mol. The van der Waals surface area contributed by atoms with Gasteiger partial charge in [0.1, 0.15) is 6.61 Å². The van der Waals surface area contributed by atoms with Crippen molar-refractivity contribution in [2.45, 2.75) is 19.8 Å². The van der Waals surface area contributed by atoms with Gasteiger partial charge >= 0.3 is 0 Å². The summed E-state index contributed by atoms with van der Waals surface area (Å²) in [7, 11) is 1.73. The van der Waals surface area contributed by atoms with Gasteiger partial charge in [-0.3, -0.25) is 9.59 Å². The number of ether oxygens (including phenoxy) is 1. The summed E-state index contributed by atoms with van der Waals surface area (Å²) < 4.78 is 18.8. The number of piperidine rings is 1. The van der Waals surface area contributed by atoms with E-state index in [0.29, 0.717) is 32.5 Å². The topological polar surface area (TPSA) is 49.9 Å². The third kappa shape index (κ3) is 4.68. The minimum Gasteiger partial charge on any atom is -0.489 e. The van der Waals surface area contributed by atoms with E-state index in [0.717, 1.165) is 0 Å². The van der Waals surface area contributed by atoms with E-state index in [4.69, 9.17) is 4.74 Å². The van der Waals surface area contributed by atoms with Gasteiger partial charge in [0, 0.05) is 33.0 Å². The van der Waals surface area contributed by atoms with Gasteiger partial charge in [0.15, 0.2) is 11.6 Å². The Morgan fingerprint density at radius 3 is 2.57 bits per heavy atom. The minimum atomic E-state index is -0.405. The fourth-order valence-electron chi connectivity index (χ4n) is 2.72. The zero-order chi connectivity index (χ0) is 16.8. The van der Waals surface area contributed by atoms with Crippen LogP contribution >= 0.6 is 0 Å². The number of halogens is 1. The number of carbonyl (C=O) groups excluding carboxylic acids is 2. The molecule has 1 fully saturated rings. The number of hydrogen-bond donors (Lipinski definition) is 0. The molecule has 1 aromatic rings. The monoisotopic (exact) mass is 322 g/mol. The number of carbonyl (C=O) groups is 2. The minimum absolute atomic E-state index is 0.0518. The molecule has 2 rings (SSSR count). The number of nitrogens with zero attached hydrogens (tertiary/aromatic N) is 2. The van der Waals surface area contributed by atoms with Crippen molar-refractivity contribution in [2.24, 2.45) is 5.92 Å². The molecule has 1 aliphatic heterocycles. The highest BCUT2D eigenvalue weighted by Crippen LogP contribution is 2.19. The predicted octanol–water partition coefficient (Wildman–Crippen LogP) is 1.92. The first-order valence-corrected chi connectivity index (χ1v) is 7.87. The van der Waals surface area contributed by atoms with E-state index < -0.39 is 5.82 Å². The largest absolute Gasteiger partial charge is 0.489 e. The molecule has 1 heterocycles. The van der Waals surface area contributed by atoms with Crippen LogP contribution in [0.2, 0.25) is 0 Å². The van der Waals surface area contributed by atoms with Gasteiger partial charge in [-0.2, -0.15) is 0 Å². The number of benzene rings is 1. The van der Waals surface area contributed by atoms with Gasteiger partial charge in [0.05, 0.1) is 6.54 Å². The smallest absolute Gasteiger partial charge is 0.225 e. The summed E-state index contributed by atoms with van der Waals surface area (Å²) in [6, 6.07) is 6.21. The van der Waals surface area contributed by atoms with E-state index in [-0.39, 0.29) is 30.1 Å². The lowest BCUT2D eigenvalue weighted by Crippen LogP contribution is -2.43. The van der Waals surface area contributed by atoms with Crippen LogP contribution in [0.1, 0.15) is 19.8 Å². The quantitative estimate of drug-likeness (QED) is 0.832. The van der Waals surface area contributed by atoms with Crippen molar-refractivity contribution < 1.29 is 18.7 Å². The first kappa shape index (κ1) is 17.2. The van der Waals surface area contributed by atoms with Crippen molar-refractivity contribution >= 4 is 11.8 Å². The third-order valence-corrected chi connectivity index (χ3v) is 4.19. The van der Waals surface area contributed by atoms with E-state index in [1.165, 1.54) is 6.07 Å². The molecular weight excluding hydrogens is 299 g/mol. The molecule has 5 nitrogen and oxygen atoms in total. The first-order chi connectivity index (χ1) is 11.0. The van der Waals surface area contributed by atoms with Crippen LogP contribution in [-0.4, -0.2) is 54.9 Å². The number of likely N-dealkylation sites (tertiary alicyclic amines) is 1. The third-order valence-electron chi connectivity index (χ3n) is 4.19. The second-order valence-electron chi connectivity index (χ2n) is 5.82. The molecule has 2 amide bonds. The summed E-state index contributed by atoms with van der Waals surface area (Å²) in [6.07, 6.45) is 1.38. The number of hydrogen-bond acceptors (Lipinski definition) is 3. The highest BCUT2D eigenvalue weighted by atomic mass is 19.1. The Morgan fingerprint density at radius 1 is 1.30 bits per heavy atom. The molecule has 23 heavy (non-hydrogen) atoms. The molecule has 0 unspecified atom stereocenters. The van der Waals surface area contributed by atoms with Crippen molar-refractivity contribution in [3.8, 4) is 5.75 Å². The molecule has 0 radical (unpaired) electrons. The van der Waals surface area contributed by atoms with E-state index in [1.54, 1.807) is 42.0 Å². The fraction of sp³-hybridized carbons (Fsp3) is 0.529. The Labute approximate surface area is 136 Å². The van der Waals surface area contributed by atoms with Crippen LogP contribution in [0.4, 0.5) is 4.39 Å². The summed E-state index contributed by atoms with van der Waals surface area (Å²) in [5.41, 5.74) is 0. The molecule has 0 aromatic heterocycles. The Kier molecular flexibility index (Phi) is 5.96. The summed E-state index contributed by atoms with van der Waals surface area (Å²) >= 11 is 0. The Balaban J connectivity index is 1.75. The van der Waals surface area contributed by atoms with Crippen molar-refractivity contribution in [3.05, 3.63) is 30.1 Å². The fourth-order valence-corrected chi connectivity index (χ4v) is 2.72. The summed E-state index contributed by atoms with van der Waals surface area (Å²) in [6.45, 7) is 3.46. The zero-order valence-electron chi connectivity index (χ0n) is 13.6. The van der Waals surface area contributed by atoms with E-state index in [2.05, 4.69) is 0 Å². The van der Waals surface area contributed by atoms with Crippen molar-refractivity contribution in [1.29, 1.82) is 0 Å². The molecule has 0 aliphatic carbocycles. The van der Waals surface area contributed by atoms with Gasteiger partial charge in [-0.1, -0.05) is 12.1 Å². The van der Waals surface area contributed by atoms with Gasteiger partial charge in [0.2, 0.25) is 11.8 Å². The van der Waals surface area contributed by atoms with Crippen LogP contribution in [0.5, 0.6) is 5.75 Å². The maximum absolute atomic E-state index is 13.4. The standard InChI is InChI=1S/C17H23FN2O3/c1-13(21)20-9-7-14(8-10-20)17(22)19(2)11-12-23-16-6-4-3-5-15(16)18/h3-6,14H,7-12H2,1-2H3. The highest BCUT2D eigenvalue weighted by molar-refractivity contribution is 5.79. The lowest BCUT2D eigenvalue weighted by atomic mass is 9.95. The second-order valence-corrected chi connectivity index (χ2v) is 5.82. The normalized spacial score (nSPS) is 15.3. The molecule has 0 spiro atoms. The summed E-state index contributed by atoms with van der Waals surface area (Å²) in [4.78, 5) is 27.1. The number of rotatable bonds is 5. The highest BCUT2D eigenvalue weighted by Gasteiger charge is 2.27. The Morgan fingerprint density at radius 2 is 1.96 bits per heavy atom. The maximum atomic E-state index is 13.4. The SMILES string of the molecule is CC(=O)N1CCC(C(=O)N(C)CCOc2ccccc2F)CC1. The Bertz CT molecular complexity index is 557. The van der Waals surface area contributed by atoms with Gasteiger partial charge in [-0.25, -0.2) is 4.39 Å². The zero-order valence-corrected chi connectivity index (χ0v) is 13.6. The average Bonchev–Trinajstić information content (AvgIpc) is 2.56. The van der Waals surface area contributed by atoms with Crippen molar-refractivity contribution in [2.75, 3.05) is 33.3 Å². The number of likely N-dealkylation sites (N-methyl/N-ethyl adjacent to an activating group) is 1. The van der Waals surface area contributed by atoms with Gasteiger partial charge in [-0.15, -0.1) is 0 Å². The molecular formula is C17H23FN2O3. The predicted molar refractivity (Wildman–Crippen MR) is 84.5 cm³/mol. The molecule has 0 atom stereocenters. The van der Waals surface area contributed by atoms with Crippen LogP contribution in [0.15, 0.2) is 24.3 Å². The van der Waals surface area contributed by atoms with Crippen LogP contribution in [-0.2, 0) is 9.59 Å². The first-order valence-electron chi connectivity index (χ1n) is 7.87. The van der Waals surface area contributed by atoms with Gasteiger partial charge in [0.25, 0.3) is 0 Å². The van der Waals surface area contributed by atoms with E-state index >= 15 is 0 Å². The molecule has 1 saturated heterocycles. The Hall–Kier alpha value is -2.11. The van der Waals surface area contributed by atoms with E-state index in [9.17, 15) is 14.0 Å². The molecule has 1 aromatic carbocycles. The van der Waals surface area contributed by atoms with Gasteiger partial charge in [-0.05, 0) is 25.0 Å². The van der Waals surface area contributed by atoms with Crippen LogP contribution in [0, 0.1) is 11.7 Å².